The summed E-state index contributed by atoms with van der Waals surface area (Å²) in [7, 11) is 3.61. The third-order valence-electron chi connectivity index (χ3n) is 4.73. The molecule has 6 heteroatoms. The highest BCUT2D eigenvalue weighted by Crippen LogP contribution is 2.22. The second-order valence-electron chi connectivity index (χ2n) is 6.57. The Bertz CT molecular complexity index is 391. The van der Waals surface area contributed by atoms with Gasteiger partial charge in [-0.25, -0.2) is 0 Å². The SMILES string of the molecule is CC(=O)N1CCN(C2CN(CC(=O)N(C)C)CC2C)CC1. The minimum atomic E-state index is 0.171. The van der Waals surface area contributed by atoms with Gasteiger partial charge in [-0.05, 0) is 5.92 Å². The molecule has 0 spiro atoms. The molecule has 0 radical (unpaired) electrons. The van der Waals surface area contributed by atoms with E-state index in [4.69, 9.17) is 0 Å². The Balaban J connectivity index is 1.85. The molecule has 0 N–H and O–H groups in total. The number of nitrogens with zero attached hydrogens (tertiary/aromatic N) is 4. The summed E-state index contributed by atoms with van der Waals surface area (Å²) in [6.07, 6.45) is 0. The zero-order chi connectivity index (χ0) is 15.6. The van der Waals surface area contributed by atoms with Crippen LogP contribution in [0.4, 0.5) is 0 Å². The summed E-state index contributed by atoms with van der Waals surface area (Å²) in [4.78, 5) is 31.5. The Labute approximate surface area is 127 Å². The van der Waals surface area contributed by atoms with Crippen molar-refractivity contribution >= 4 is 11.8 Å². The van der Waals surface area contributed by atoms with E-state index in [9.17, 15) is 9.59 Å². The molecule has 120 valence electrons. The zero-order valence-electron chi connectivity index (χ0n) is 13.7. The largest absolute Gasteiger partial charge is 0.348 e. The zero-order valence-corrected chi connectivity index (χ0v) is 13.7. The highest BCUT2D eigenvalue weighted by molar-refractivity contribution is 5.77. The Morgan fingerprint density at radius 1 is 1.10 bits per heavy atom. The Hall–Kier alpha value is -1.14. The first-order valence-electron chi connectivity index (χ1n) is 7.80. The van der Waals surface area contributed by atoms with E-state index in [1.807, 2.05) is 4.90 Å². The molecule has 2 fully saturated rings. The van der Waals surface area contributed by atoms with Crippen molar-refractivity contribution < 1.29 is 9.59 Å². The van der Waals surface area contributed by atoms with Crippen LogP contribution in [-0.2, 0) is 9.59 Å². The lowest BCUT2D eigenvalue weighted by molar-refractivity contribution is -0.131. The Kier molecular flexibility index (Phi) is 5.22. The minimum Gasteiger partial charge on any atom is -0.348 e. The maximum absolute atomic E-state index is 11.8. The van der Waals surface area contributed by atoms with Gasteiger partial charge in [0, 0.05) is 66.3 Å². The van der Waals surface area contributed by atoms with Crippen LogP contribution >= 0.6 is 0 Å². The number of rotatable bonds is 3. The van der Waals surface area contributed by atoms with Crippen LogP contribution in [0.15, 0.2) is 0 Å². The molecule has 0 aliphatic carbocycles. The number of hydrogen-bond acceptors (Lipinski definition) is 4. The summed E-state index contributed by atoms with van der Waals surface area (Å²) in [5.41, 5.74) is 0. The van der Waals surface area contributed by atoms with Gasteiger partial charge in [0.25, 0.3) is 0 Å². The number of amides is 2. The second kappa shape index (κ2) is 6.75. The predicted octanol–water partition coefficient (Wildman–Crippen LogP) is -0.441. The monoisotopic (exact) mass is 296 g/mol. The molecule has 0 bridgehead atoms. The van der Waals surface area contributed by atoms with Gasteiger partial charge in [0.2, 0.25) is 11.8 Å². The van der Waals surface area contributed by atoms with Crippen LogP contribution in [0.5, 0.6) is 0 Å². The van der Waals surface area contributed by atoms with Gasteiger partial charge in [-0.3, -0.25) is 19.4 Å². The summed E-state index contributed by atoms with van der Waals surface area (Å²) in [6, 6.07) is 0.508. The van der Waals surface area contributed by atoms with Gasteiger partial charge in [0.15, 0.2) is 0 Å². The summed E-state index contributed by atoms with van der Waals surface area (Å²) in [6.45, 7) is 9.92. The highest BCUT2D eigenvalue weighted by atomic mass is 16.2. The average molecular weight is 296 g/mol. The second-order valence-corrected chi connectivity index (χ2v) is 6.57. The number of carbonyl (C=O) groups is 2. The highest BCUT2D eigenvalue weighted by Gasteiger charge is 2.36. The van der Waals surface area contributed by atoms with E-state index in [-0.39, 0.29) is 11.8 Å². The summed E-state index contributed by atoms with van der Waals surface area (Å²) in [5, 5.41) is 0. The van der Waals surface area contributed by atoms with E-state index in [1.54, 1.807) is 25.9 Å². The molecule has 2 heterocycles. The number of likely N-dealkylation sites (N-methyl/N-ethyl adjacent to an activating group) is 1. The van der Waals surface area contributed by atoms with Gasteiger partial charge in [0.05, 0.1) is 6.54 Å². The van der Waals surface area contributed by atoms with Crippen molar-refractivity contribution in [2.45, 2.75) is 19.9 Å². The van der Waals surface area contributed by atoms with Crippen LogP contribution in [-0.4, -0.2) is 97.4 Å². The van der Waals surface area contributed by atoms with Crippen molar-refractivity contribution in [2.75, 3.05) is 59.9 Å². The van der Waals surface area contributed by atoms with Crippen molar-refractivity contribution in [1.29, 1.82) is 0 Å². The van der Waals surface area contributed by atoms with Crippen molar-refractivity contribution in [2.24, 2.45) is 5.92 Å². The predicted molar refractivity (Wildman–Crippen MR) is 81.9 cm³/mol. The van der Waals surface area contributed by atoms with Crippen LogP contribution in [0.25, 0.3) is 0 Å². The first-order valence-corrected chi connectivity index (χ1v) is 7.80. The van der Waals surface area contributed by atoms with E-state index in [0.717, 1.165) is 39.3 Å². The Morgan fingerprint density at radius 3 is 2.24 bits per heavy atom. The molecule has 0 aromatic rings. The molecule has 0 aromatic heterocycles. The molecule has 21 heavy (non-hydrogen) atoms. The molecule has 0 aromatic carbocycles. The van der Waals surface area contributed by atoms with E-state index < -0.39 is 0 Å². The number of hydrogen-bond donors (Lipinski definition) is 0. The van der Waals surface area contributed by atoms with Crippen LogP contribution in [0, 0.1) is 5.92 Å². The van der Waals surface area contributed by atoms with Crippen molar-refractivity contribution in [3.63, 3.8) is 0 Å². The van der Waals surface area contributed by atoms with E-state index >= 15 is 0 Å². The maximum atomic E-state index is 11.8. The van der Waals surface area contributed by atoms with E-state index in [2.05, 4.69) is 16.7 Å². The lowest BCUT2D eigenvalue weighted by atomic mass is 10.0. The number of piperazine rings is 1. The first kappa shape index (κ1) is 16.2. The van der Waals surface area contributed by atoms with Crippen LogP contribution in [0.1, 0.15) is 13.8 Å². The van der Waals surface area contributed by atoms with Crippen molar-refractivity contribution in [1.82, 2.24) is 19.6 Å². The van der Waals surface area contributed by atoms with E-state index in [1.165, 1.54) is 0 Å². The molecule has 0 saturated carbocycles. The quantitative estimate of drug-likeness (QED) is 0.708. The Morgan fingerprint density at radius 2 is 1.71 bits per heavy atom. The van der Waals surface area contributed by atoms with Crippen molar-refractivity contribution in [3.8, 4) is 0 Å². The van der Waals surface area contributed by atoms with Crippen LogP contribution in [0.3, 0.4) is 0 Å². The lowest BCUT2D eigenvalue weighted by Gasteiger charge is -2.39. The van der Waals surface area contributed by atoms with Crippen LogP contribution in [0.2, 0.25) is 0 Å². The average Bonchev–Trinajstić information content (AvgIpc) is 2.79. The first-order chi connectivity index (χ1) is 9.88. The van der Waals surface area contributed by atoms with Gasteiger partial charge >= 0.3 is 0 Å². The lowest BCUT2D eigenvalue weighted by Crippen LogP contribution is -2.53. The molecular formula is C15H28N4O2. The summed E-state index contributed by atoms with van der Waals surface area (Å²) >= 11 is 0. The maximum Gasteiger partial charge on any atom is 0.236 e. The molecular weight excluding hydrogens is 268 g/mol. The topological polar surface area (TPSA) is 47.1 Å². The standard InChI is InChI=1S/C15H28N4O2/c1-12-9-17(11-15(21)16(3)4)10-14(12)19-7-5-18(6-8-19)13(2)20/h12,14H,5-11H2,1-4H3. The minimum absolute atomic E-state index is 0.171. The van der Waals surface area contributed by atoms with Gasteiger partial charge in [0.1, 0.15) is 0 Å². The summed E-state index contributed by atoms with van der Waals surface area (Å²) < 4.78 is 0. The molecule has 2 aliphatic rings. The number of likely N-dealkylation sites (tertiary alicyclic amines) is 1. The summed E-state index contributed by atoms with van der Waals surface area (Å²) in [5.74, 6) is 0.917. The van der Waals surface area contributed by atoms with Crippen LogP contribution < -0.4 is 0 Å². The normalized spacial score (nSPS) is 27.9. The molecule has 2 saturated heterocycles. The van der Waals surface area contributed by atoms with Gasteiger partial charge < -0.3 is 9.80 Å². The molecule has 2 rings (SSSR count). The third kappa shape index (κ3) is 3.95. The third-order valence-corrected chi connectivity index (χ3v) is 4.73. The molecule has 2 unspecified atom stereocenters. The molecule has 2 atom stereocenters. The smallest absolute Gasteiger partial charge is 0.236 e. The van der Waals surface area contributed by atoms with Gasteiger partial charge in [-0.15, -0.1) is 0 Å². The fraction of sp³-hybridized carbons (Fsp3) is 0.867. The fourth-order valence-electron chi connectivity index (χ4n) is 3.35. The van der Waals surface area contributed by atoms with Crippen molar-refractivity contribution in [3.05, 3.63) is 0 Å². The molecule has 2 amide bonds. The number of carbonyl (C=O) groups excluding carboxylic acids is 2. The molecule has 6 nitrogen and oxygen atoms in total. The van der Waals surface area contributed by atoms with Gasteiger partial charge in [-0.1, -0.05) is 6.92 Å². The molecule has 2 aliphatic heterocycles. The fourth-order valence-corrected chi connectivity index (χ4v) is 3.35. The van der Waals surface area contributed by atoms with E-state index in [0.29, 0.717) is 18.5 Å². The van der Waals surface area contributed by atoms with Gasteiger partial charge in [-0.2, -0.15) is 0 Å².